The van der Waals surface area contributed by atoms with E-state index in [0.717, 1.165) is 67.1 Å². The molecule has 1 aliphatic carbocycles. The Labute approximate surface area is 461 Å². The standard InChI is InChI=1S/C70H57N4O.Pt/c1-68(2,3)49-40-56(46-22-10-8-11-23-46)67(57(41-49)47-24-12-9-13-25-47)73-45-72(62-32-20-21-33-63(62)73)50-34-37-60(69(4,5)6)65(43-50)75-51-35-36-55-54-28-16-19-31-61(54)74(64(55)44-51)66-42-48(38-39-71-66)70(7)58-29-17-14-26-52(58)53-27-15-18-30-59(53)70;/h8-42,45H,1-7H3;/q-3;. The molecule has 13 rings (SSSR count). The van der Waals surface area contributed by atoms with Crippen molar-refractivity contribution in [3.05, 3.63) is 259 Å². The fourth-order valence-corrected chi connectivity index (χ4v) is 11.7. The maximum absolute atomic E-state index is 7.13. The molecule has 6 heteroatoms. The van der Waals surface area contributed by atoms with Crippen molar-refractivity contribution in [3.63, 3.8) is 0 Å². The summed E-state index contributed by atoms with van der Waals surface area (Å²) in [5, 5.41) is 2.20. The first-order valence-corrected chi connectivity index (χ1v) is 26.0. The van der Waals surface area contributed by atoms with E-state index < -0.39 is 0 Å². The first kappa shape index (κ1) is 48.9. The number of nitrogens with zero attached hydrogens (tertiary/aromatic N) is 4. The number of ether oxygens (including phenoxy) is 1. The van der Waals surface area contributed by atoms with Crippen LogP contribution in [-0.2, 0) is 37.3 Å². The molecule has 1 aliphatic heterocycles. The van der Waals surface area contributed by atoms with Crippen molar-refractivity contribution in [1.29, 1.82) is 0 Å². The Bertz CT molecular complexity index is 3910. The van der Waals surface area contributed by atoms with Gasteiger partial charge in [-0.25, -0.2) is 4.98 Å². The number of benzene rings is 9. The maximum atomic E-state index is 7.13. The van der Waals surface area contributed by atoms with Crippen LogP contribution < -0.4 is 14.5 Å². The van der Waals surface area contributed by atoms with Crippen molar-refractivity contribution in [2.24, 2.45) is 0 Å². The van der Waals surface area contributed by atoms with E-state index in [2.05, 4.69) is 282 Å². The number of aromatic nitrogens is 2. The van der Waals surface area contributed by atoms with E-state index in [1.807, 2.05) is 12.3 Å². The van der Waals surface area contributed by atoms with Crippen LogP contribution >= 0.6 is 0 Å². The fourth-order valence-electron chi connectivity index (χ4n) is 11.7. The van der Waals surface area contributed by atoms with Gasteiger partial charge in [-0.15, -0.1) is 47.6 Å². The molecule has 0 unspecified atom stereocenters. The van der Waals surface area contributed by atoms with Gasteiger partial charge < -0.3 is 19.1 Å². The molecule has 0 saturated carbocycles. The van der Waals surface area contributed by atoms with Crippen LogP contribution in [0.4, 0.5) is 22.7 Å². The SMILES string of the molecule is CC(C)(C)c1cc(-c2ccccc2)c(N2[CH-]N(c3[c-]c(Oc4[c-]c5c(cc4)c4ccccc4n5-c4cc(C5(C)c6ccccc6-c6ccccc65)ccn4)c(C(C)(C)C)cc3)c3ccccc32)c(-c2ccccc2)c1.[Pt]. The number of hydrogen-bond donors (Lipinski definition) is 0. The second kappa shape index (κ2) is 18.7. The van der Waals surface area contributed by atoms with Crippen LogP contribution in [0.3, 0.4) is 0 Å². The van der Waals surface area contributed by atoms with Gasteiger partial charge in [0.15, 0.2) is 0 Å². The van der Waals surface area contributed by atoms with E-state index in [9.17, 15) is 0 Å². The Morgan fingerprint density at radius 3 is 1.74 bits per heavy atom. The number of pyridine rings is 1. The smallest absolute Gasteiger partial charge is 0.135 e. The molecular weight excluding hydrogens is 1110 g/mol. The van der Waals surface area contributed by atoms with Crippen molar-refractivity contribution in [3.8, 4) is 50.7 Å². The molecule has 0 N–H and O–H groups in total. The Hall–Kier alpha value is -7.98. The molecule has 0 saturated heterocycles. The third-order valence-corrected chi connectivity index (χ3v) is 15.5. The van der Waals surface area contributed by atoms with Crippen molar-refractivity contribution in [1.82, 2.24) is 9.55 Å². The third-order valence-electron chi connectivity index (χ3n) is 15.5. The summed E-state index contributed by atoms with van der Waals surface area (Å²) < 4.78 is 9.37. The number of para-hydroxylation sites is 3. The minimum Gasteiger partial charge on any atom is -0.509 e. The predicted octanol–water partition coefficient (Wildman–Crippen LogP) is 18.2. The van der Waals surface area contributed by atoms with Crippen LogP contribution in [-0.4, -0.2) is 9.55 Å². The van der Waals surface area contributed by atoms with E-state index in [4.69, 9.17) is 9.72 Å². The Morgan fingerprint density at radius 2 is 1.11 bits per heavy atom. The number of hydrogen-bond acceptors (Lipinski definition) is 4. The van der Waals surface area contributed by atoms with E-state index >= 15 is 0 Å². The van der Waals surface area contributed by atoms with Gasteiger partial charge in [0, 0.05) is 77.9 Å². The molecule has 0 bridgehead atoms. The van der Waals surface area contributed by atoms with E-state index in [1.165, 1.54) is 44.5 Å². The zero-order valence-corrected chi connectivity index (χ0v) is 46.1. The summed E-state index contributed by atoms with van der Waals surface area (Å²) in [5.41, 5.74) is 18.6. The summed E-state index contributed by atoms with van der Waals surface area (Å²) >= 11 is 0. The summed E-state index contributed by atoms with van der Waals surface area (Å²) in [7, 11) is 0. The Kier molecular flexibility index (Phi) is 12.0. The van der Waals surface area contributed by atoms with Gasteiger partial charge in [-0.1, -0.05) is 192 Å². The van der Waals surface area contributed by atoms with Gasteiger partial charge in [-0.05, 0) is 105 Å². The molecule has 376 valence electrons. The van der Waals surface area contributed by atoms with Gasteiger partial charge in [0.2, 0.25) is 0 Å². The van der Waals surface area contributed by atoms with Crippen molar-refractivity contribution >= 4 is 44.6 Å². The molecule has 0 amide bonds. The zero-order valence-electron chi connectivity index (χ0n) is 43.8. The van der Waals surface area contributed by atoms with Gasteiger partial charge in [0.25, 0.3) is 0 Å². The molecule has 9 aromatic carbocycles. The molecule has 11 aromatic rings. The van der Waals surface area contributed by atoms with Crippen molar-refractivity contribution in [2.75, 3.05) is 9.80 Å². The first-order chi connectivity index (χ1) is 36.3. The quantitative estimate of drug-likeness (QED) is 0.142. The van der Waals surface area contributed by atoms with Gasteiger partial charge in [-0.2, -0.15) is 12.1 Å². The van der Waals surface area contributed by atoms with Gasteiger partial charge in [-0.3, -0.25) is 0 Å². The average Bonchev–Trinajstić information content (AvgIpc) is 4.11. The van der Waals surface area contributed by atoms with Gasteiger partial charge >= 0.3 is 0 Å². The minimum absolute atomic E-state index is 0. The summed E-state index contributed by atoms with van der Waals surface area (Å²) in [4.78, 5) is 9.72. The van der Waals surface area contributed by atoms with E-state index in [1.54, 1.807) is 0 Å². The molecule has 0 fully saturated rings. The van der Waals surface area contributed by atoms with Crippen LogP contribution in [0.15, 0.2) is 212 Å². The fraction of sp³-hybridized carbons (Fsp3) is 0.143. The second-order valence-corrected chi connectivity index (χ2v) is 22.2. The zero-order chi connectivity index (χ0) is 51.2. The topological polar surface area (TPSA) is 33.5 Å². The Morgan fingerprint density at radius 1 is 0.526 bits per heavy atom. The van der Waals surface area contributed by atoms with Crippen LogP contribution in [0.25, 0.3) is 61.0 Å². The normalized spacial score (nSPS) is 13.6. The van der Waals surface area contributed by atoms with E-state index in [0.29, 0.717) is 11.5 Å². The first-order valence-electron chi connectivity index (χ1n) is 26.0. The van der Waals surface area contributed by atoms with Crippen LogP contribution in [0.1, 0.15) is 76.3 Å². The molecule has 5 nitrogen and oxygen atoms in total. The van der Waals surface area contributed by atoms with E-state index in [-0.39, 0.29) is 37.3 Å². The van der Waals surface area contributed by atoms with Crippen LogP contribution in [0, 0.1) is 18.8 Å². The summed E-state index contributed by atoms with van der Waals surface area (Å²) in [6.07, 6.45) is 1.96. The molecule has 0 atom stereocenters. The molecule has 2 aliphatic rings. The van der Waals surface area contributed by atoms with Crippen molar-refractivity contribution < 1.29 is 25.8 Å². The average molecular weight is 1170 g/mol. The number of anilines is 4. The largest absolute Gasteiger partial charge is 0.509 e. The monoisotopic (exact) mass is 1160 g/mol. The molecule has 2 aromatic heterocycles. The minimum atomic E-state index is -0.374. The van der Waals surface area contributed by atoms with Gasteiger partial charge in [0.1, 0.15) is 5.82 Å². The molecule has 3 heterocycles. The summed E-state index contributed by atoms with van der Waals surface area (Å²) in [5.74, 6) is 2.07. The predicted molar refractivity (Wildman–Crippen MR) is 310 cm³/mol. The molecule has 76 heavy (non-hydrogen) atoms. The third kappa shape index (κ3) is 8.07. The summed E-state index contributed by atoms with van der Waals surface area (Å²) in [6, 6.07) is 81.8. The maximum Gasteiger partial charge on any atom is 0.135 e. The number of fused-ring (bicyclic) bond motifs is 7. The van der Waals surface area contributed by atoms with Gasteiger partial charge in [0.05, 0.1) is 0 Å². The molecule has 0 radical (unpaired) electrons. The van der Waals surface area contributed by atoms with Crippen molar-refractivity contribution in [2.45, 2.75) is 64.7 Å². The summed E-state index contributed by atoms with van der Waals surface area (Å²) in [6.45, 7) is 18.1. The second-order valence-electron chi connectivity index (χ2n) is 22.2. The number of rotatable bonds is 8. The van der Waals surface area contributed by atoms with Crippen LogP contribution in [0.5, 0.6) is 11.5 Å². The Balaban J connectivity index is 0.00000582. The molecular formula is C70H57N4OPt-3. The molecule has 0 spiro atoms. The van der Waals surface area contributed by atoms with Crippen LogP contribution in [0.2, 0.25) is 0 Å².